The maximum atomic E-state index is 12.3. The van der Waals surface area contributed by atoms with Crippen molar-refractivity contribution in [1.29, 1.82) is 0 Å². The summed E-state index contributed by atoms with van der Waals surface area (Å²) >= 11 is 1.45. The van der Waals surface area contributed by atoms with Crippen LogP contribution in [0.5, 0.6) is 11.9 Å². The molecule has 4 rings (SSSR count). The molecule has 0 fully saturated rings. The zero-order valence-corrected chi connectivity index (χ0v) is 16.5. The topological polar surface area (TPSA) is 103 Å². The number of methoxy groups -OCH3 is 2. The Bertz CT molecular complexity index is 993. The lowest BCUT2D eigenvalue weighted by Crippen LogP contribution is -2.30. The van der Waals surface area contributed by atoms with Crippen LogP contribution in [0.3, 0.4) is 0 Å². The van der Waals surface area contributed by atoms with Crippen molar-refractivity contribution in [2.75, 3.05) is 31.0 Å². The number of thiazole rings is 1. The number of carbonyl (C=O) groups is 1. The molecule has 0 radical (unpaired) electrons. The van der Waals surface area contributed by atoms with Crippen molar-refractivity contribution in [2.45, 2.75) is 19.9 Å². The molecule has 4 heterocycles. The molecule has 0 aromatic carbocycles. The van der Waals surface area contributed by atoms with Gasteiger partial charge in [-0.2, -0.15) is 9.97 Å². The van der Waals surface area contributed by atoms with Crippen LogP contribution in [0, 0.1) is 6.92 Å². The van der Waals surface area contributed by atoms with Crippen LogP contribution in [0.4, 0.5) is 10.9 Å². The van der Waals surface area contributed by atoms with Crippen LogP contribution in [0.25, 0.3) is 0 Å². The molecule has 1 N–H and O–H groups in total. The van der Waals surface area contributed by atoms with Crippen LogP contribution in [0.1, 0.15) is 26.9 Å². The summed E-state index contributed by atoms with van der Waals surface area (Å²) in [5.41, 5.74) is 0.986. The number of nitrogens with zero attached hydrogens (tertiary/aromatic N) is 4. The van der Waals surface area contributed by atoms with Crippen molar-refractivity contribution in [3.63, 3.8) is 0 Å². The highest BCUT2D eigenvalue weighted by molar-refractivity contribution is 7.15. The fourth-order valence-electron chi connectivity index (χ4n) is 2.91. The first-order valence-electron chi connectivity index (χ1n) is 8.64. The molecular formula is C18H19N5O4S. The Morgan fingerprint density at radius 3 is 2.82 bits per heavy atom. The van der Waals surface area contributed by atoms with Gasteiger partial charge in [0.15, 0.2) is 10.9 Å². The standard InChI is InChI=1S/C18H19N5O4S/c1-10-4-5-12(27-10)16(24)22-18-19-11-6-7-23(9-13(11)28-18)14-8-15(25-2)21-17(20-14)26-3/h4-5,8H,6-7,9H2,1-3H3,(H,19,22,24). The normalized spacial score (nSPS) is 13.2. The highest BCUT2D eigenvalue weighted by Gasteiger charge is 2.24. The monoisotopic (exact) mass is 401 g/mol. The molecule has 0 spiro atoms. The van der Waals surface area contributed by atoms with Crippen LogP contribution in [0.15, 0.2) is 22.6 Å². The summed E-state index contributed by atoms with van der Waals surface area (Å²) in [4.78, 5) is 28.5. The van der Waals surface area contributed by atoms with E-state index in [1.165, 1.54) is 18.4 Å². The fourth-order valence-corrected chi connectivity index (χ4v) is 3.93. The van der Waals surface area contributed by atoms with Gasteiger partial charge in [0.05, 0.1) is 26.5 Å². The summed E-state index contributed by atoms with van der Waals surface area (Å²) in [5, 5.41) is 3.37. The Morgan fingerprint density at radius 1 is 1.25 bits per heavy atom. The summed E-state index contributed by atoms with van der Waals surface area (Å²) in [6.45, 7) is 3.17. The average molecular weight is 401 g/mol. The molecule has 0 unspecified atom stereocenters. The van der Waals surface area contributed by atoms with E-state index in [9.17, 15) is 4.79 Å². The van der Waals surface area contributed by atoms with Gasteiger partial charge in [0.25, 0.3) is 5.91 Å². The van der Waals surface area contributed by atoms with Gasteiger partial charge in [-0.05, 0) is 19.1 Å². The average Bonchev–Trinajstić information content (AvgIpc) is 3.32. The van der Waals surface area contributed by atoms with Crippen LogP contribution >= 0.6 is 11.3 Å². The molecule has 0 atom stereocenters. The first-order valence-corrected chi connectivity index (χ1v) is 9.45. The zero-order chi connectivity index (χ0) is 19.7. The Labute approximate surface area is 165 Å². The van der Waals surface area contributed by atoms with E-state index in [2.05, 4.69) is 25.2 Å². The second-order valence-electron chi connectivity index (χ2n) is 6.18. The third-order valence-electron chi connectivity index (χ3n) is 4.30. The van der Waals surface area contributed by atoms with Crippen molar-refractivity contribution in [1.82, 2.24) is 15.0 Å². The van der Waals surface area contributed by atoms with E-state index in [4.69, 9.17) is 13.9 Å². The summed E-state index contributed by atoms with van der Waals surface area (Å²) in [7, 11) is 3.07. The molecule has 1 aliphatic rings. The summed E-state index contributed by atoms with van der Waals surface area (Å²) in [6.07, 6.45) is 0.746. The van der Waals surface area contributed by atoms with E-state index in [-0.39, 0.29) is 17.7 Å². The van der Waals surface area contributed by atoms with E-state index in [1.54, 1.807) is 32.2 Å². The fraction of sp³-hybridized carbons (Fsp3) is 0.333. The molecule has 1 aliphatic heterocycles. The van der Waals surface area contributed by atoms with E-state index < -0.39 is 0 Å². The summed E-state index contributed by atoms with van der Waals surface area (Å²) in [6, 6.07) is 5.43. The van der Waals surface area contributed by atoms with Gasteiger partial charge in [0.2, 0.25) is 5.88 Å². The second kappa shape index (κ2) is 7.47. The lowest BCUT2D eigenvalue weighted by Gasteiger charge is -2.27. The summed E-state index contributed by atoms with van der Waals surface area (Å²) in [5.74, 6) is 1.82. The molecule has 146 valence electrons. The molecular weight excluding hydrogens is 382 g/mol. The number of aromatic nitrogens is 3. The first-order chi connectivity index (χ1) is 13.6. The third kappa shape index (κ3) is 3.63. The van der Waals surface area contributed by atoms with E-state index in [0.717, 1.165) is 29.4 Å². The number of carbonyl (C=O) groups excluding carboxylic acids is 1. The zero-order valence-electron chi connectivity index (χ0n) is 15.7. The molecule has 0 bridgehead atoms. The first kappa shape index (κ1) is 18.2. The minimum Gasteiger partial charge on any atom is -0.481 e. The predicted octanol–water partition coefficient (Wildman–Crippen LogP) is 2.67. The molecule has 3 aromatic rings. The molecule has 0 saturated carbocycles. The quantitative estimate of drug-likeness (QED) is 0.696. The second-order valence-corrected chi connectivity index (χ2v) is 7.26. The van der Waals surface area contributed by atoms with Gasteiger partial charge in [-0.1, -0.05) is 11.3 Å². The molecule has 28 heavy (non-hydrogen) atoms. The van der Waals surface area contributed by atoms with Crippen molar-refractivity contribution >= 4 is 28.2 Å². The van der Waals surface area contributed by atoms with Gasteiger partial charge in [-0.3, -0.25) is 10.1 Å². The van der Waals surface area contributed by atoms with E-state index >= 15 is 0 Å². The van der Waals surface area contributed by atoms with Gasteiger partial charge in [-0.15, -0.1) is 0 Å². The maximum Gasteiger partial charge on any atom is 0.321 e. The van der Waals surface area contributed by atoms with Crippen molar-refractivity contribution < 1.29 is 18.7 Å². The third-order valence-corrected chi connectivity index (χ3v) is 5.30. The highest BCUT2D eigenvalue weighted by atomic mass is 32.1. The lowest BCUT2D eigenvalue weighted by molar-refractivity contribution is 0.0995. The largest absolute Gasteiger partial charge is 0.481 e. The van der Waals surface area contributed by atoms with Gasteiger partial charge >= 0.3 is 6.01 Å². The van der Waals surface area contributed by atoms with E-state index in [1.807, 2.05) is 0 Å². The van der Waals surface area contributed by atoms with Crippen LogP contribution in [-0.4, -0.2) is 41.6 Å². The molecule has 0 saturated heterocycles. The van der Waals surface area contributed by atoms with Crippen molar-refractivity contribution in [3.8, 4) is 11.9 Å². The summed E-state index contributed by atoms with van der Waals surface area (Å²) < 4.78 is 15.7. The number of fused-ring (bicyclic) bond motifs is 1. The Kier molecular flexibility index (Phi) is 4.86. The molecule has 3 aromatic heterocycles. The SMILES string of the molecule is COc1cc(N2CCc3nc(NC(=O)c4ccc(C)o4)sc3C2)nc(OC)n1. The minimum absolute atomic E-state index is 0.256. The Hall–Kier alpha value is -3.14. The molecule has 0 aliphatic carbocycles. The number of hydrogen-bond acceptors (Lipinski definition) is 9. The Morgan fingerprint density at radius 2 is 2.11 bits per heavy atom. The van der Waals surface area contributed by atoms with Crippen LogP contribution in [-0.2, 0) is 13.0 Å². The van der Waals surface area contributed by atoms with Gasteiger partial charge in [0, 0.05) is 23.9 Å². The molecule has 10 heteroatoms. The van der Waals surface area contributed by atoms with E-state index in [0.29, 0.717) is 23.3 Å². The lowest BCUT2D eigenvalue weighted by atomic mass is 10.2. The Balaban J connectivity index is 1.51. The van der Waals surface area contributed by atoms with Gasteiger partial charge in [0.1, 0.15) is 11.6 Å². The number of hydrogen-bond donors (Lipinski definition) is 1. The van der Waals surface area contributed by atoms with Crippen molar-refractivity contribution in [2.24, 2.45) is 0 Å². The van der Waals surface area contributed by atoms with Crippen molar-refractivity contribution in [3.05, 3.63) is 40.3 Å². The molecule has 1 amide bonds. The number of aryl methyl sites for hydroxylation is 1. The number of ether oxygens (including phenoxy) is 2. The maximum absolute atomic E-state index is 12.3. The predicted molar refractivity (Wildman–Crippen MR) is 103 cm³/mol. The molecule has 9 nitrogen and oxygen atoms in total. The number of rotatable bonds is 5. The number of furan rings is 1. The highest BCUT2D eigenvalue weighted by Crippen LogP contribution is 2.31. The number of anilines is 2. The van der Waals surface area contributed by atoms with Crippen LogP contribution in [0.2, 0.25) is 0 Å². The number of nitrogens with one attached hydrogen (secondary N) is 1. The smallest absolute Gasteiger partial charge is 0.321 e. The van der Waals surface area contributed by atoms with Gasteiger partial charge in [-0.25, -0.2) is 4.98 Å². The van der Waals surface area contributed by atoms with Gasteiger partial charge < -0.3 is 18.8 Å². The number of amides is 1. The minimum atomic E-state index is -0.304. The van der Waals surface area contributed by atoms with Crippen LogP contribution < -0.4 is 19.7 Å².